The normalized spacial score (nSPS) is 26.0. The van der Waals surface area contributed by atoms with E-state index in [-0.39, 0.29) is 18.0 Å². The minimum absolute atomic E-state index is 0.0478. The van der Waals surface area contributed by atoms with E-state index in [2.05, 4.69) is 15.6 Å². The average molecular weight is 349 g/mol. The van der Waals surface area contributed by atoms with Crippen molar-refractivity contribution >= 4 is 11.9 Å². The van der Waals surface area contributed by atoms with E-state index < -0.39 is 12.7 Å². The van der Waals surface area contributed by atoms with Gasteiger partial charge in [-0.3, -0.25) is 14.7 Å². The molecule has 2 aliphatic heterocycles. The van der Waals surface area contributed by atoms with Gasteiger partial charge in [-0.1, -0.05) is 6.92 Å². The average Bonchev–Trinajstić information content (AvgIpc) is 3.13. The Hall–Kier alpha value is -1.51. The summed E-state index contributed by atoms with van der Waals surface area (Å²) in [6.45, 7) is 3.12. The van der Waals surface area contributed by atoms with Crippen LogP contribution in [-0.4, -0.2) is 79.7 Å². The Morgan fingerprint density at radius 2 is 1.79 bits per heavy atom. The van der Waals surface area contributed by atoms with Gasteiger partial charge in [0.2, 0.25) is 5.91 Å². The van der Waals surface area contributed by atoms with Gasteiger partial charge in [0.25, 0.3) is 0 Å². The van der Waals surface area contributed by atoms with Crippen LogP contribution in [0.4, 0.5) is 13.2 Å². The van der Waals surface area contributed by atoms with E-state index in [0.717, 1.165) is 13.0 Å². The molecule has 2 fully saturated rings. The Morgan fingerprint density at radius 1 is 1.17 bits per heavy atom. The number of nitrogens with zero attached hydrogens (tertiary/aromatic N) is 3. The molecule has 24 heavy (non-hydrogen) atoms. The highest BCUT2D eigenvalue weighted by Gasteiger charge is 2.34. The Bertz CT molecular complexity index is 469. The molecule has 6 nitrogen and oxygen atoms in total. The highest BCUT2D eigenvalue weighted by Crippen LogP contribution is 2.20. The van der Waals surface area contributed by atoms with Gasteiger partial charge in [-0.15, -0.1) is 0 Å². The molecular weight excluding hydrogens is 323 g/mol. The van der Waals surface area contributed by atoms with E-state index in [1.807, 2.05) is 11.8 Å². The maximum Gasteiger partial charge on any atom is 0.401 e. The van der Waals surface area contributed by atoms with E-state index >= 15 is 0 Å². The number of amides is 1. The molecular formula is C15H26F3N5O. The van der Waals surface area contributed by atoms with E-state index in [1.165, 1.54) is 4.90 Å². The Balaban J connectivity index is 1.77. The molecule has 0 bridgehead atoms. The molecule has 0 saturated carbocycles. The minimum Gasteiger partial charge on any atom is -0.352 e. The molecule has 2 heterocycles. The van der Waals surface area contributed by atoms with Crippen molar-refractivity contribution in [2.75, 3.05) is 39.8 Å². The van der Waals surface area contributed by atoms with Gasteiger partial charge in [0, 0.05) is 51.7 Å². The number of carbonyl (C=O) groups excluding carboxylic acids is 1. The molecule has 2 N–H and O–H groups in total. The van der Waals surface area contributed by atoms with Gasteiger partial charge in [0.1, 0.15) is 0 Å². The molecule has 2 rings (SSSR count). The first kappa shape index (κ1) is 18.8. The molecule has 0 radical (unpaired) electrons. The Labute approximate surface area is 140 Å². The summed E-state index contributed by atoms with van der Waals surface area (Å²) in [6.07, 6.45) is -2.16. The van der Waals surface area contributed by atoms with Crippen LogP contribution in [0, 0.1) is 0 Å². The zero-order chi connectivity index (χ0) is 17.7. The molecule has 2 saturated heterocycles. The van der Waals surface area contributed by atoms with Gasteiger partial charge in [-0.25, -0.2) is 0 Å². The smallest absolute Gasteiger partial charge is 0.352 e. The van der Waals surface area contributed by atoms with Crippen LogP contribution >= 0.6 is 0 Å². The first-order chi connectivity index (χ1) is 11.3. The summed E-state index contributed by atoms with van der Waals surface area (Å²) in [7, 11) is 1.64. The first-order valence-corrected chi connectivity index (χ1v) is 8.37. The second kappa shape index (κ2) is 8.04. The number of nitrogens with one attached hydrogen (secondary N) is 2. The monoisotopic (exact) mass is 349 g/mol. The van der Waals surface area contributed by atoms with Crippen molar-refractivity contribution in [1.82, 2.24) is 20.4 Å². The lowest BCUT2D eigenvalue weighted by atomic mass is 10.2. The minimum atomic E-state index is -4.16. The van der Waals surface area contributed by atoms with Crippen molar-refractivity contribution in [2.45, 2.75) is 44.4 Å². The molecule has 0 aromatic heterocycles. The van der Waals surface area contributed by atoms with Gasteiger partial charge >= 0.3 is 6.18 Å². The fourth-order valence-corrected chi connectivity index (χ4v) is 3.23. The van der Waals surface area contributed by atoms with Crippen molar-refractivity contribution in [1.29, 1.82) is 0 Å². The Morgan fingerprint density at radius 3 is 2.38 bits per heavy atom. The lowest BCUT2D eigenvalue weighted by Gasteiger charge is -2.22. The van der Waals surface area contributed by atoms with Crippen LogP contribution in [0.5, 0.6) is 0 Å². The summed E-state index contributed by atoms with van der Waals surface area (Å²) in [5.74, 6) is 0.727. The highest BCUT2D eigenvalue weighted by atomic mass is 19.4. The number of hydrogen-bond acceptors (Lipinski definition) is 3. The van der Waals surface area contributed by atoms with Crippen LogP contribution in [0.3, 0.4) is 0 Å². The van der Waals surface area contributed by atoms with E-state index in [9.17, 15) is 18.0 Å². The number of rotatable bonds is 4. The number of aliphatic imine (C=N–C) groups is 1. The summed E-state index contributed by atoms with van der Waals surface area (Å²) in [5, 5.41) is 6.46. The summed E-state index contributed by atoms with van der Waals surface area (Å²) >= 11 is 0. The van der Waals surface area contributed by atoms with E-state index in [1.54, 1.807) is 7.05 Å². The lowest BCUT2D eigenvalue weighted by Crippen LogP contribution is -2.49. The van der Waals surface area contributed by atoms with Crippen LogP contribution in [-0.2, 0) is 4.79 Å². The first-order valence-electron chi connectivity index (χ1n) is 8.37. The fraction of sp³-hybridized carbons (Fsp3) is 0.867. The molecule has 2 atom stereocenters. The molecule has 2 unspecified atom stereocenters. The molecule has 9 heteroatoms. The third kappa shape index (κ3) is 5.54. The van der Waals surface area contributed by atoms with Crippen molar-refractivity contribution in [3.8, 4) is 0 Å². The van der Waals surface area contributed by atoms with Crippen molar-refractivity contribution < 1.29 is 18.0 Å². The van der Waals surface area contributed by atoms with Crippen LogP contribution in [0.1, 0.15) is 26.2 Å². The van der Waals surface area contributed by atoms with E-state index in [4.69, 9.17) is 0 Å². The van der Waals surface area contributed by atoms with E-state index in [0.29, 0.717) is 38.4 Å². The summed E-state index contributed by atoms with van der Waals surface area (Å²) < 4.78 is 37.3. The number of guanidine groups is 1. The lowest BCUT2D eigenvalue weighted by molar-refractivity contribution is -0.143. The number of hydrogen-bond donors (Lipinski definition) is 2. The standard InChI is InChI=1S/C15H26F3N5O/c1-3-13(24)23-7-5-12(9-23)21-14(19-2)20-11-4-6-22(8-11)10-15(16,17)18/h11-12H,3-10H2,1-2H3,(H2,19,20,21). The van der Waals surface area contributed by atoms with Gasteiger partial charge in [-0.2, -0.15) is 13.2 Å². The summed E-state index contributed by atoms with van der Waals surface area (Å²) in [6, 6.07) is 0.0766. The van der Waals surface area contributed by atoms with Crippen molar-refractivity contribution in [2.24, 2.45) is 4.99 Å². The molecule has 0 spiro atoms. The predicted molar refractivity (Wildman–Crippen MR) is 85.8 cm³/mol. The second-order valence-corrected chi connectivity index (χ2v) is 6.38. The topological polar surface area (TPSA) is 60.0 Å². The van der Waals surface area contributed by atoms with Gasteiger partial charge in [0.15, 0.2) is 5.96 Å². The summed E-state index contributed by atoms with van der Waals surface area (Å²) in [4.78, 5) is 19.1. The van der Waals surface area contributed by atoms with Crippen LogP contribution < -0.4 is 10.6 Å². The SMILES string of the molecule is CCC(=O)N1CCC(NC(=NC)NC2CCN(CC(F)(F)F)C2)C1. The molecule has 0 aromatic rings. The molecule has 138 valence electrons. The van der Waals surface area contributed by atoms with Crippen LogP contribution in [0.2, 0.25) is 0 Å². The number of halogens is 3. The molecule has 0 aromatic carbocycles. The van der Waals surface area contributed by atoms with Crippen LogP contribution in [0.25, 0.3) is 0 Å². The van der Waals surface area contributed by atoms with Gasteiger partial charge in [0.05, 0.1) is 6.54 Å². The van der Waals surface area contributed by atoms with Crippen molar-refractivity contribution in [3.05, 3.63) is 0 Å². The number of alkyl halides is 3. The van der Waals surface area contributed by atoms with Crippen molar-refractivity contribution in [3.63, 3.8) is 0 Å². The maximum absolute atomic E-state index is 12.4. The third-order valence-electron chi connectivity index (χ3n) is 4.42. The third-order valence-corrected chi connectivity index (χ3v) is 4.42. The Kier molecular flexibility index (Phi) is 6.31. The molecule has 2 aliphatic rings. The maximum atomic E-state index is 12.4. The number of likely N-dealkylation sites (tertiary alicyclic amines) is 2. The molecule has 0 aliphatic carbocycles. The second-order valence-electron chi connectivity index (χ2n) is 6.38. The quantitative estimate of drug-likeness (QED) is 0.582. The zero-order valence-corrected chi connectivity index (χ0v) is 14.2. The largest absolute Gasteiger partial charge is 0.401 e. The number of carbonyl (C=O) groups is 1. The zero-order valence-electron chi connectivity index (χ0n) is 14.2. The summed E-state index contributed by atoms with van der Waals surface area (Å²) in [5.41, 5.74) is 0. The van der Waals surface area contributed by atoms with Gasteiger partial charge in [-0.05, 0) is 12.8 Å². The molecule has 1 amide bonds. The highest BCUT2D eigenvalue weighted by molar-refractivity contribution is 5.81. The van der Waals surface area contributed by atoms with Crippen LogP contribution in [0.15, 0.2) is 4.99 Å². The van der Waals surface area contributed by atoms with Gasteiger partial charge < -0.3 is 15.5 Å². The predicted octanol–water partition coefficient (Wildman–Crippen LogP) is 0.799. The fourth-order valence-electron chi connectivity index (χ4n) is 3.23.